The quantitative estimate of drug-likeness (QED) is 0.719. The van der Waals surface area contributed by atoms with E-state index in [0.29, 0.717) is 0 Å². The lowest BCUT2D eigenvalue weighted by Crippen LogP contribution is -2.58. The Labute approximate surface area is 156 Å². The molecule has 2 aliphatic rings. The van der Waals surface area contributed by atoms with E-state index in [-0.39, 0.29) is 5.54 Å². The lowest BCUT2D eigenvalue weighted by molar-refractivity contribution is 0.412. The standard InChI is InChI=1S/C22H28N4/c1-2-8-18(9-3-1)10-6-7-15-24-21-22(13-16-23-17-14-22)26-20-12-5-4-11-19(20)25-21/h1-5,8-9,11-12,23,26H,6-7,10,13-17H2,(H,24,25). The number of hydrogen-bond acceptors (Lipinski definition) is 4. The molecule has 136 valence electrons. The number of unbranched alkanes of at least 4 members (excludes halogenated alkanes) is 1. The summed E-state index contributed by atoms with van der Waals surface area (Å²) in [5.74, 6) is 1.12. The van der Waals surface area contributed by atoms with Gasteiger partial charge in [0, 0.05) is 6.54 Å². The highest BCUT2D eigenvalue weighted by Gasteiger charge is 2.40. The largest absolute Gasteiger partial charge is 0.372 e. The number of aryl methyl sites for hydroxylation is 1. The molecule has 2 aliphatic heterocycles. The predicted octanol–water partition coefficient (Wildman–Crippen LogP) is 3.88. The first-order valence-corrected chi connectivity index (χ1v) is 9.81. The number of nitrogens with zero attached hydrogens (tertiary/aromatic N) is 1. The van der Waals surface area contributed by atoms with Crippen molar-refractivity contribution in [3.63, 3.8) is 0 Å². The molecular weight excluding hydrogens is 320 g/mol. The normalized spacial score (nSPS) is 17.9. The summed E-state index contributed by atoms with van der Waals surface area (Å²) in [4.78, 5) is 4.99. The highest BCUT2D eigenvalue weighted by atomic mass is 15.2. The molecule has 0 amide bonds. The lowest BCUT2D eigenvalue weighted by atomic mass is 9.85. The van der Waals surface area contributed by atoms with Crippen molar-refractivity contribution < 1.29 is 0 Å². The van der Waals surface area contributed by atoms with Gasteiger partial charge in [-0.05, 0) is 62.9 Å². The third-order valence-electron chi connectivity index (χ3n) is 5.45. The molecule has 0 aliphatic carbocycles. The zero-order chi connectivity index (χ0) is 17.7. The number of nitrogens with one attached hydrogen (secondary N) is 3. The first-order valence-electron chi connectivity index (χ1n) is 9.81. The summed E-state index contributed by atoms with van der Waals surface area (Å²) in [6, 6.07) is 19.1. The summed E-state index contributed by atoms with van der Waals surface area (Å²) in [5.41, 5.74) is 3.58. The molecule has 2 aromatic rings. The highest BCUT2D eigenvalue weighted by molar-refractivity contribution is 6.00. The van der Waals surface area contributed by atoms with E-state index in [2.05, 4.69) is 70.5 Å². The second kappa shape index (κ2) is 7.92. The van der Waals surface area contributed by atoms with Crippen LogP contribution in [0.2, 0.25) is 0 Å². The zero-order valence-electron chi connectivity index (χ0n) is 15.3. The second-order valence-corrected chi connectivity index (χ2v) is 7.30. The Balaban J connectivity index is 1.39. The van der Waals surface area contributed by atoms with Crippen LogP contribution in [0, 0.1) is 0 Å². The van der Waals surface area contributed by atoms with E-state index in [4.69, 9.17) is 4.99 Å². The maximum Gasteiger partial charge on any atom is 0.128 e. The van der Waals surface area contributed by atoms with Crippen LogP contribution in [0.3, 0.4) is 0 Å². The van der Waals surface area contributed by atoms with E-state index >= 15 is 0 Å². The number of anilines is 1. The van der Waals surface area contributed by atoms with Crippen LogP contribution in [0.1, 0.15) is 31.2 Å². The summed E-state index contributed by atoms with van der Waals surface area (Å²) in [7, 11) is 0. The highest BCUT2D eigenvalue weighted by Crippen LogP contribution is 2.36. The fourth-order valence-electron chi connectivity index (χ4n) is 3.95. The fourth-order valence-corrected chi connectivity index (χ4v) is 3.95. The molecule has 1 fully saturated rings. The van der Waals surface area contributed by atoms with Crippen molar-refractivity contribution in [1.82, 2.24) is 10.6 Å². The topological polar surface area (TPSA) is 48.5 Å². The molecular formula is C22H28N4. The molecule has 0 atom stereocenters. The monoisotopic (exact) mass is 348 g/mol. The fraction of sp³-hybridized carbons (Fsp3) is 0.409. The molecule has 0 aromatic heterocycles. The van der Waals surface area contributed by atoms with E-state index in [9.17, 15) is 0 Å². The molecule has 1 spiro atoms. The summed E-state index contributed by atoms with van der Waals surface area (Å²) in [6.45, 7) is 3.04. The van der Waals surface area contributed by atoms with Crippen molar-refractivity contribution in [2.45, 2.75) is 37.6 Å². The van der Waals surface area contributed by atoms with Crippen molar-refractivity contribution in [3.8, 4) is 0 Å². The van der Waals surface area contributed by atoms with Gasteiger partial charge in [-0.2, -0.15) is 0 Å². The molecule has 4 heteroatoms. The molecule has 4 nitrogen and oxygen atoms in total. The minimum atomic E-state index is -0.0426. The number of fused-ring (bicyclic) bond motifs is 1. The van der Waals surface area contributed by atoms with Gasteiger partial charge in [-0.3, -0.25) is 0 Å². The molecule has 0 saturated carbocycles. The number of aliphatic imine (C=N–C) groups is 1. The Morgan fingerprint density at radius 2 is 1.69 bits per heavy atom. The number of rotatable bonds is 5. The summed E-state index contributed by atoms with van der Waals surface area (Å²) in [6.07, 6.45) is 5.63. The molecule has 2 heterocycles. The van der Waals surface area contributed by atoms with Gasteiger partial charge >= 0.3 is 0 Å². The zero-order valence-corrected chi connectivity index (χ0v) is 15.3. The molecule has 26 heavy (non-hydrogen) atoms. The Morgan fingerprint density at radius 3 is 2.54 bits per heavy atom. The van der Waals surface area contributed by atoms with Crippen LogP contribution in [0.5, 0.6) is 0 Å². The molecule has 2 aromatic carbocycles. The van der Waals surface area contributed by atoms with E-state index in [0.717, 1.165) is 62.5 Å². The van der Waals surface area contributed by atoms with E-state index < -0.39 is 0 Å². The van der Waals surface area contributed by atoms with Gasteiger partial charge in [0.2, 0.25) is 0 Å². The van der Waals surface area contributed by atoms with Crippen molar-refractivity contribution >= 4 is 17.2 Å². The Morgan fingerprint density at radius 1 is 0.923 bits per heavy atom. The maximum atomic E-state index is 4.99. The lowest BCUT2D eigenvalue weighted by Gasteiger charge is -2.43. The SMILES string of the molecule is c1ccc(CCCCNC2=Nc3ccccc3NC23CCNCC3)cc1. The molecule has 1 saturated heterocycles. The average molecular weight is 348 g/mol. The van der Waals surface area contributed by atoms with Gasteiger partial charge in [-0.1, -0.05) is 42.5 Å². The van der Waals surface area contributed by atoms with E-state index in [1.54, 1.807) is 0 Å². The smallest absolute Gasteiger partial charge is 0.128 e. The molecule has 4 rings (SSSR count). The van der Waals surface area contributed by atoms with Gasteiger partial charge in [0.15, 0.2) is 0 Å². The summed E-state index contributed by atoms with van der Waals surface area (Å²) < 4.78 is 0. The average Bonchev–Trinajstić information content (AvgIpc) is 2.69. The number of hydrogen-bond donors (Lipinski definition) is 3. The van der Waals surface area contributed by atoms with Gasteiger partial charge < -0.3 is 16.0 Å². The summed E-state index contributed by atoms with van der Waals surface area (Å²) >= 11 is 0. The third-order valence-corrected chi connectivity index (χ3v) is 5.45. The van der Waals surface area contributed by atoms with E-state index in [1.807, 2.05) is 0 Å². The van der Waals surface area contributed by atoms with Gasteiger partial charge in [-0.15, -0.1) is 0 Å². The van der Waals surface area contributed by atoms with Crippen molar-refractivity contribution in [2.24, 2.45) is 4.99 Å². The first-order chi connectivity index (χ1) is 12.9. The first kappa shape index (κ1) is 17.1. The molecule has 0 unspecified atom stereocenters. The van der Waals surface area contributed by atoms with Crippen LogP contribution < -0.4 is 16.0 Å². The Kier molecular flexibility index (Phi) is 5.21. The predicted molar refractivity (Wildman–Crippen MR) is 109 cm³/mol. The number of benzene rings is 2. The van der Waals surface area contributed by atoms with Gasteiger partial charge in [0.25, 0.3) is 0 Å². The third kappa shape index (κ3) is 3.75. The molecule has 3 N–H and O–H groups in total. The Bertz CT molecular complexity index is 748. The number of para-hydroxylation sites is 2. The van der Waals surface area contributed by atoms with Crippen molar-refractivity contribution in [1.29, 1.82) is 0 Å². The Hall–Kier alpha value is -2.33. The second-order valence-electron chi connectivity index (χ2n) is 7.30. The van der Waals surface area contributed by atoms with Crippen LogP contribution >= 0.6 is 0 Å². The molecule has 0 bridgehead atoms. The maximum absolute atomic E-state index is 4.99. The molecule has 0 radical (unpaired) electrons. The van der Waals surface area contributed by atoms with Crippen LogP contribution in [-0.2, 0) is 6.42 Å². The van der Waals surface area contributed by atoms with Crippen molar-refractivity contribution in [3.05, 3.63) is 60.2 Å². The summed E-state index contributed by atoms with van der Waals surface area (Å²) in [5, 5.41) is 10.9. The van der Waals surface area contributed by atoms with E-state index in [1.165, 1.54) is 12.0 Å². The van der Waals surface area contributed by atoms with Crippen molar-refractivity contribution in [2.75, 3.05) is 25.0 Å². The van der Waals surface area contributed by atoms with Gasteiger partial charge in [0.05, 0.1) is 16.9 Å². The van der Waals surface area contributed by atoms with Crippen LogP contribution in [0.25, 0.3) is 0 Å². The minimum absolute atomic E-state index is 0.0426. The number of piperidine rings is 1. The van der Waals surface area contributed by atoms with Crippen LogP contribution in [0.4, 0.5) is 11.4 Å². The van der Waals surface area contributed by atoms with Crippen LogP contribution in [0.15, 0.2) is 59.6 Å². The number of amidine groups is 1. The van der Waals surface area contributed by atoms with Gasteiger partial charge in [-0.25, -0.2) is 4.99 Å². The minimum Gasteiger partial charge on any atom is -0.372 e. The van der Waals surface area contributed by atoms with Crippen LogP contribution in [-0.4, -0.2) is 31.0 Å². The van der Waals surface area contributed by atoms with Gasteiger partial charge in [0.1, 0.15) is 5.84 Å².